The van der Waals surface area contributed by atoms with E-state index in [0.29, 0.717) is 5.13 Å². The van der Waals surface area contributed by atoms with Crippen LogP contribution in [0.5, 0.6) is 0 Å². The average Bonchev–Trinajstić information content (AvgIpc) is 3.28. The standard InChI is InChI=1S/C26H21N3OS/c1-26(24(30)29-25-28-22(15-31-25)16-7-6-12-27-14-16)13-21-17-8-2-4-10-19(17)23(26)20-11-5-3-9-18(20)21/h2-12,14-15,21,23H,13H2,1H3,(H,28,29,30). The van der Waals surface area contributed by atoms with E-state index < -0.39 is 5.41 Å². The number of thiazole rings is 1. The number of anilines is 1. The highest BCUT2D eigenvalue weighted by atomic mass is 32.1. The largest absolute Gasteiger partial charge is 0.301 e. The molecule has 0 saturated heterocycles. The van der Waals surface area contributed by atoms with Gasteiger partial charge in [0, 0.05) is 35.2 Å². The normalized spacial score (nSPS) is 23.1. The molecule has 2 aromatic carbocycles. The lowest BCUT2D eigenvalue weighted by Crippen LogP contribution is -2.47. The molecule has 0 fully saturated rings. The Kier molecular flexibility index (Phi) is 4.08. The van der Waals surface area contributed by atoms with E-state index in [9.17, 15) is 4.79 Å². The summed E-state index contributed by atoms with van der Waals surface area (Å²) in [6, 6.07) is 21.1. The van der Waals surface area contributed by atoms with Crippen LogP contribution in [-0.2, 0) is 4.79 Å². The Labute approximate surface area is 185 Å². The highest BCUT2D eigenvalue weighted by Crippen LogP contribution is 2.61. The van der Waals surface area contributed by atoms with Crippen LogP contribution in [0.2, 0.25) is 0 Å². The summed E-state index contributed by atoms with van der Waals surface area (Å²) in [6.07, 6.45) is 4.33. The molecule has 0 spiro atoms. The Morgan fingerprint density at radius 3 is 2.32 bits per heavy atom. The zero-order valence-electron chi connectivity index (χ0n) is 17.1. The van der Waals surface area contributed by atoms with E-state index >= 15 is 0 Å². The number of nitrogens with zero attached hydrogens (tertiary/aromatic N) is 2. The average molecular weight is 424 g/mol. The van der Waals surface area contributed by atoms with Gasteiger partial charge in [-0.1, -0.05) is 48.5 Å². The number of fused-ring (bicyclic) bond motifs is 1. The minimum atomic E-state index is -0.534. The first kappa shape index (κ1) is 18.5. The number of aromatic nitrogens is 2. The summed E-state index contributed by atoms with van der Waals surface area (Å²) in [5, 5.41) is 5.73. The van der Waals surface area contributed by atoms with Gasteiger partial charge in [0.25, 0.3) is 0 Å². The van der Waals surface area contributed by atoms with Crippen LogP contribution in [0.3, 0.4) is 0 Å². The smallest absolute Gasteiger partial charge is 0.233 e. The SMILES string of the molecule is CC1(C(=O)Nc2nc(-c3cccnc3)cs2)CC2c3ccccc3C1c1ccccc12. The second-order valence-corrected chi connectivity index (χ2v) is 9.46. The molecule has 0 radical (unpaired) electrons. The summed E-state index contributed by atoms with van der Waals surface area (Å²) in [7, 11) is 0. The molecule has 152 valence electrons. The number of pyridine rings is 1. The van der Waals surface area contributed by atoms with Gasteiger partial charge < -0.3 is 5.32 Å². The molecule has 1 atom stereocenters. The summed E-state index contributed by atoms with van der Waals surface area (Å²) in [5.74, 6) is 0.330. The fourth-order valence-electron chi connectivity index (χ4n) is 5.41. The number of carbonyl (C=O) groups excluding carboxylic acids is 1. The molecule has 2 heterocycles. The molecule has 4 nitrogen and oxygen atoms in total. The van der Waals surface area contributed by atoms with Crippen molar-refractivity contribution in [1.29, 1.82) is 0 Å². The molecule has 3 aliphatic rings. The first-order valence-corrected chi connectivity index (χ1v) is 11.4. The number of rotatable bonds is 3. The van der Waals surface area contributed by atoms with Crippen LogP contribution < -0.4 is 5.32 Å². The van der Waals surface area contributed by atoms with Crippen LogP contribution in [0, 0.1) is 5.41 Å². The van der Waals surface area contributed by atoms with Crippen molar-refractivity contribution in [1.82, 2.24) is 9.97 Å². The summed E-state index contributed by atoms with van der Waals surface area (Å²) in [5.41, 5.74) is 6.54. The lowest BCUT2D eigenvalue weighted by molar-refractivity contribution is -0.126. The molecule has 7 rings (SSSR count). The van der Waals surface area contributed by atoms with Gasteiger partial charge in [-0.2, -0.15) is 0 Å². The molecule has 5 heteroatoms. The van der Waals surface area contributed by atoms with Crippen LogP contribution in [0.1, 0.15) is 47.4 Å². The predicted molar refractivity (Wildman–Crippen MR) is 123 cm³/mol. The highest BCUT2D eigenvalue weighted by molar-refractivity contribution is 7.14. The summed E-state index contributed by atoms with van der Waals surface area (Å²) in [6.45, 7) is 2.11. The van der Waals surface area contributed by atoms with E-state index in [1.165, 1.54) is 33.6 Å². The zero-order valence-corrected chi connectivity index (χ0v) is 17.9. The molecule has 0 aliphatic heterocycles. The molecule has 1 unspecified atom stereocenters. The third kappa shape index (κ3) is 2.77. The zero-order chi connectivity index (χ0) is 21.0. The Morgan fingerprint density at radius 1 is 1.00 bits per heavy atom. The topological polar surface area (TPSA) is 54.9 Å². The summed E-state index contributed by atoms with van der Waals surface area (Å²) in [4.78, 5) is 22.5. The van der Waals surface area contributed by atoms with Gasteiger partial charge in [-0.15, -0.1) is 11.3 Å². The van der Waals surface area contributed by atoms with Crippen molar-refractivity contribution in [2.45, 2.75) is 25.2 Å². The lowest BCUT2D eigenvalue weighted by atomic mass is 9.52. The quantitative estimate of drug-likeness (QED) is 0.451. The van der Waals surface area contributed by atoms with Gasteiger partial charge in [-0.3, -0.25) is 9.78 Å². The van der Waals surface area contributed by atoms with Gasteiger partial charge in [-0.25, -0.2) is 4.98 Å². The number of hydrogen-bond donors (Lipinski definition) is 1. The molecule has 1 N–H and O–H groups in total. The van der Waals surface area contributed by atoms with Crippen molar-refractivity contribution >= 4 is 22.4 Å². The van der Waals surface area contributed by atoms with Crippen LogP contribution in [-0.4, -0.2) is 15.9 Å². The molecular weight excluding hydrogens is 402 g/mol. The summed E-state index contributed by atoms with van der Waals surface area (Å²) >= 11 is 1.46. The van der Waals surface area contributed by atoms with E-state index in [0.717, 1.165) is 17.7 Å². The van der Waals surface area contributed by atoms with E-state index in [1.54, 1.807) is 12.4 Å². The molecule has 2 bridgehead atoms. The minimum absolute atomic E-state index is 0.0404. The number of benzene rings is 2. The van der Waals surface area contributed by atoms with Crippen molar-refractivity contribution in [3.8, 4) is 11.3 Å². The van der Waals surface area contributed by atoms with Crippen molar-refractivity contribution < 1.29 is 4.79 Å². The van der Waals surface area contributed by atoms with Crippen molar-refractivity contribution in [3.05, 3.63) is 101 Å². The lowest BCUT2D eigenvalue weighted by Gasteiger charge is -2.50. The first-order chi connectivity index (χ1) is 15.1. The maximum absolute atomic E-state index is 13.7. The minimum Gasteiger partial charge on any atom is -0.301 e. The fraction of sp³-hybridized carbons (Fsp3) is 0.192. The molecule has 2 aromatic heterocycles. The molecule has 31 heavy (non-hydrogen) atoms. The molecule has 0 saturated carbocycles. The number of hydrogen-bond acceptors (Lipinski definition) is 4. The molecule has 4 aromatic rings. The van der Waals surface area contributed by atoms with E-state index in [4.69, 9.17) is 0 Å². The Hall–Kier alpha value is -3.31. The van der Waals surface area contributed by atoms with Gasteiger partial charge in [0.15, 0.2) is 5.13 Å². The van der Waals surface area contributed by atoms with Gasteiger partial charge in [0.2, 0.25) is 5.91 Å². The second kappa shape index (κ2) is 6.86. The van der Waals surface area contributed by atoms with Crippen molar-refractivity contribution in [2.24, 2.45) is 5.41 Å². The van der Waals surface area contributed by atoms with Crippen molar-refractivity contribution in [3.63, 3.8) is 0 Å². The van der Waals surface area contributed by atoms with E-state index in [1.807, 2.05) is 17.5 Å². The first-order valence-electron chi connectivity index (χ1n) is 10.5. The number of nitrogens with one attached hydrogen (secondary N) is 1. The van der Waals surface area contributed by atoms with E-state index in [-0.39, 0.29) is 17.7 Å². The maximum Gasteiger partial charge on any atom is 0.233 e. The monoisotopic (exact) mass is 423 g/mol. The van der Waals surface area contributed by atoms with Crippen LogP contribution in [0.15, 0.2) is 78.4 Å². The van der Waals surface area contributed by atoms with E-state index in [2.05, 4.69) is 70.7 Å². The Balaban J connectivity index is 1.36. The molecule has 1 amide bonds. The Morgan fingerprint density at radius 2 is 1.68 bits per heavy atom. The molecule has 3 aliphatic carbocycles. The van der Waals surface area contributed by atoms with Gasteiger partial charge in [-0.05, 0) is 47.7 Å². The maximum atomic E-state index is 13.7. The fourth-order valence-corrected chi connectivity index (χ4v) is 6.12. The second-order valence-electron chi connectivity index (χ2n) is 8.60. The third-order valence-electron chi connectivity index (χ3n) is 6.83. The van der Waals surface area contributed by atoms with Crippen molar-refractivity contribution in [2.75, 3.05) is 5.32 Å². The number of amides is 1. The molecular formula is C26H21N3OS. The third-order valence-corrected chi connectivity index (χ3v) is 7.59. The van der Waals surface area contributed by atoms with Crippen LogP contribution in [0.25, 0.3) is 11.3 Å². The predicted octanol–water partition coefficient (Wildman–Crippen LogP) is 5.83. The number of carbonyl (C=O) groups is 1. The van der Waals surface area contributed by atoms with Gasteiger partial charge >= 0.3 is 0 Å². The van der Waals surface area contributed by atoms with Gasteiger partial charge in [0.05, 0.1) is 11.1 Å². The van der Waals surface area contributed by atoms with Crippen LogP contribution >= 0.6 is 11.3 Å². The van der Waals surface area contributed by atoms with Gasteiger partial charge in [0.1, 0.15) is 0 Å². The van der Waals surface area contributed by atoms with Crippen LogP contribution in [0.4, 0.5) is 5.13 Å². The highest BCUT2D eigenvalue weighted by Gasteiger charge is 2.53. The Bertz CT molecular complexity index is 1250. The summed E-state index contributed by atoms with van der Waals surface area (Å²) < 4.78 is 0.